The molecule has 1 rings (SSSR count). The number of hydrogen-bond acceptors (Lipinski definition) is 5. The van der Waals surface area contributed by atoms with E-state index in [-0.39, 0.29) is 12.2 Å². The number of nitrogens with one attached hydrogen (secondary N) is 1. The average Bonchev–Trinajstić information content (AvgIpc) is 2.61. The van der Waals surface area contributed by atoms with Crippen molar-refractivity contribution >= 4 is 11.9 Å². The van der Waals surface area contributed by atoms with Crippen LogP contribution in [0, 0.1) is 6.92 Å². The standard InChI is InChI=1S/C11H17N3O4/c1-7-10(18-6-12-7)11(17)13-8(4-9(15)16)5-14(2)3/h6,8H,4-5H2,1-3H3,(H,13,17)(H,15,16)/t8-/m1/s1. The van der Waals surface area contributed by atoms with Crippen LogP contribution in [0.5, 0.6) is 0 Å². The molecule has 0 fully saturated rings. The summed E-state index contributed by atoms with van der Waals surface area (Å²) in [5, 5.41) is 11.4. The average molecular weight is 255 g/mol. The highest BCUT2D eigenvalue weighted by atomic mass is 16.4. The fourth-order valence-electron chi connectivity index (χ4n) is 1.58. The Morgan fingerprint density at radius 1 is 1.56 bits per heavy atom. The van der Waals surface area contributed by atoms with Crippen LogP contribution in [0.15, 0.2) is 10.8 Å². The fourth-order valence-corrected chi connectivity index (χ4v) is 1.58. The van der Waals surface area contributed by atoms with Crippen molar-refractivity contribution in [1.82, 2.24) is 15.2 Å². The van der Waals surface area contributed by atoms with E-state index in [9.17, 15) is 9.59 Å². The minimum atomic E-state index is -0.962. The molecule has 0 unspecified atom stereocenters. The van der Waals surface area contributed by atoms with Gasteiger partial charge in [0.2, 0.25) is 5.76 Å². The molecule has 0 saturated heterocycles. The van der Waals surface area contributed by atoms with E-state index < -0.39 is 17.9 Å². The molecule has 1 aromatic heterocycles. The number of carboxylic acid groups (broad SMARTS) is 1. The molecule has 18 heavy (non-hydrogen) atoms. The molecule has 0 aliphatic rings. The van der Waals surface area contributed by atoms with Crippen LogP contribution >= 0.6 is 0 Å². The van der Waals surface area contributed by atoms with Gasteiger partial charge >= 0.3 is 5.97 Å². The molecular formula is C11H17N3O4. The van der Waals surface area contributed by atoms with Crippen LogP contribution in [-0.4, -0.2) is 53.5 Å². The Balaban J connectivity index is 2.68. The van der Waals surface area contributed by atoms with Gasteiger partial charge in [-0.2, -0.15) is 0 Å². The third-order valence-corrected chi connectivity index (χ3v) is 2.29. The van der Waals surface area contributed by atoms with Crippen LogP contribution in [0.4, 0.5) is 0 Å². The van der Waals surface area contributed by atoms with Gasteiger partial charge in [0.15, 0.2) is 6.39 Å². The summed E-state index contributed by atoms with van der Waals surface area (Å²) >= 11 is 0. The van der Waals surface area contributed by atoms with E-state index in [1.54, 1.807) is 25.9 Å². The molecule has 0 aromatic carbocycles. The van der Waals surface area contributed by atoms with E-state index in [0.717, 1.165) is 0 Å². The number of aliphatic carboxylic acids is 1. The van der Waals surface area contributed by atoms with Crippen LogP contribution in [0.1, 0.15) is 22.7 Å². The van der Waals surface area contributed by atoms with Gasteiger partial charge in [-0.15, -0.1) is 0 Å². The fraction of sp³-hybridized carbons (Fsp3) is 0.545. The van der Waals surface area contributed by atoms with Crippen molar-refractivity contribution in [2.45, 2.75) is 19.4 Å². The molecular weight excluding hydrogens is 238 g/mol. The summed E-state index contributed by atoms with van der Waals surface area (Å²) in [6.45, 7) is 2.09. The summed E-state index contributed by atoms with van der Waals surface area (Å²) in [6, 6.07) is -0.477. The molecule has 1 amide bonds. The van der Waals surface area contributed by atoms with Crippen molar-refractivity contribution < 1.29 is 19.1 Å². The third kappa shape index (κ3) is 4.17. The maximum Gasteiger partial charge on any atom is 0.305 e. The third-order valence-electron chi connectivity index (χ3n) is 2.29. The van der Waals surface area contributed by atoms with Crippen molar-refractivity contribution in [3.05, 3.63) is 17.8 Å². The predicted molar refractivity (Wildman–Crippen MR) is 63.3 cm³/mol. The van der Waals surface area contributed by atoms with E-state index >= 15 is 0 Å². The number of carbonyl (C=O) groups excluding carboxylic acids is 1. The number of carboxylic acids is 1. The first-order valence-corrected chi connectivity index (χ1v) is 5.47. The maximum atomic E-state index is 11.8. The normalized spacial score (nSPS) is 12.4. The molecule has 1 aromatic rings. The Kier molecular flexibility index (Phi) is 4.85. The van der Waals surface area contributed by atoms with E-state index in [1.807, 2.05) is 0 Å². The highest BCUT2D eigenvalue weighted by molar-refractivity contribution is 5.92. The molecule has 7 heteroatoms. The molecule has 0 bridgehead atoms. The van der Waals surface area contributed by atoms with Crippen molar-refractivity contribution in [3.63, 3.8) is 0 Å². The van der Waals surface area contributed by atoms with Gasteiger partial charge in [-0.3, -0.25) is 9.59 Å². The predicted octanol–water partition coefficient (Wildman–Crippen LogP) is 0.118. The summed E-state index contributed by atoms with van der Waals surface area (Å²) in [6.07, 6.45) is 1.04. The first kappa shape index (κ1) is 14.2. The highest BCUT2D eigenvalue weighted by Crippen LogP contribution is 2.06. The first-order chi connectivity index (χ1) is 8.40. The number of nitrogens with zero attached hydrogens (tertiary/aromatic N) is 2. The molecule has 0 radical (unpaired) electrons. The summed E-state index contributed by atoms with van der Waals surface area (Å²) < 4.78 is 4.95. The Labute approximate surface area is 105 Å². The summed E-state index contributed by atoms with van der Waals surface area (Å²) in [4.78, 5) is 28.2. The van der Waals surface area contributed by atoms with Crippen LogP contribution in [-0.2, 0) is 4.79 Å². The number of oxazole rings is 1. The van der Waals surface area contributed by atoms with Gasteiger partial charge in [0, 0.05) is 6.54 Å². The summed E-state index contributed by atoms with van der Waals surface area (Å²) in [5.41, 5.74) is 0.478. The number of carbonyl (C=O) groups is 2. The SMILES string of the molecule is Cc1ncoc1C(=O)N[C@H](CC(=O)O)CN(C)C. The molecule has 0 aliphatic heterocycles. The van der Waals surface area contributed by atoms with Gasteiger partial charge in [0.25, 0.3) is 5.91 Å². The maximum absolute atomic E-state index is 11.8. The number of amides is 1. The van der Waals surface area contributed by atoms with E-state index in [2.05, 4.69) is 10.3 Å². The van der Waals surface area contributed by atoms with Crippen LogP contribution in [0.25, 0.3) is 0 Å². The van der Waals surface area contributed by atoms with Crippen molar-refractivity contribution in [1.29, 1.82) is 0 Å². The lowest BCUT2D eigenvalue weighted by Crippen LogP contribution is -2.43. The Morgan fingerprint density at radius 2 is 2.22 bits per heavy atom. The highest BCUT2D eigenvalue weighted by Gasteiger charge is 2.21. The zero-order chi connectivity index (χ0) is 13.7. The van der Waals surface area contributed by atoms with Gasteiger partial charge in [-0.05, 0) is 21.0 Å². The van der Waals surface area contributed by atoms with Gasteiger partial charge in [0.1, 0.15) is 0 Å². The lowest BCUT2D eigenvalue weighted by molar-refractivity contribution is -0.137. The lowest BCUT2D eigenvalue weighted by atomic mass is 10.2. The number of aromatic nitrogens is 1. The molecule has 2 N–H and O–H groups in total. The van der Waals surface area contributed by atoms with Crippen molar-refractivity contribution in [2.24, 2.45) is 0 Å². The smallest absolute Gasteiger partial charge is 0.305 e. The molecule has 0 spiro atoms. The number of hydrogen-bond donors (Lipinski definition) is 2. The molecule has 0 aliphatic carbocycles. The number of rotatable bonds is 6. The second-order valence-corrected chi connectivity index (χ2v) is 4.30. The zero-order valence-corrected chi connectivity index (χ0v) is 10.6. The Bertz CT molecular complexity index is 428. The molecule has 1 atom stereocenters. The van der Waals surface area contributed by atoms with Gasteiger partial charge in [0.05, 0.1) is 18.2 Å². The van der Waals surface area contributed by atoms with Crippen LogP contribution in [0.3, 0.4) is 0 Å². The first-order valence-electron chi connectivity index (χ1n) is 5.47. The topological polar surface area (TPSA) is 95.7 Å². The second kappa shape index (κ2) is 6.15. The summed E-state index contributed by atoms with van der Waals surface area (Å²) in [7, 11) is 3.61. The quantitative estimate of drug-likeness (QED) is 0.749. The Hall–Kier alpha value is -1.89. The second-order valence-electron chi connectivity index (χ2n) is 4.30. The van der Waals surface area contributed by atoms with Crippen molar-refractivity contribution in [2.75, 3.05) is 20.6 Å². The molecule has 7 nitrogen and oxygen atoms in total. The number of likely N-dealkylation sites (N-methyl/N-ethyl adjacent to an activating group) is 1. The Morgan fingerprint density at radius 3 is 2.67 bits per heavy atom. The van der Waals surface area contributed by atoms with Gasteiger partial charge in [-0.25, -0.2) is 4.98 Å². The minimum absolute atomic E-state index is 0.115. The van der Waals surface area contributed by atoms with Gasteiger partial charge in [-0.1, -0.05) is 0 Å². The molecule has 1 heterocycles. The van der Waals surface area contributed by atoms with E-state index in [1.165, 1.54) is 6.39 Å². The molecule has 0 saturated carbocycles. The largest absolute Gasteiger partial charge is 0.481 e. The summed E-state index contributed by atoms with van der Waals surface area (Å²) in [5.74, 6) is -1.29. The zero-order valence-electron chi connectivity index (χ0n) is 10.6. The van der Waals surface area contributed by atoms with E-state index in [0.29, 0.717) is 12.2 Å². The minimum Gasteiger partial charge on any atom is -0.481 e. The van der Waals surface area contributed by atoms with Crippen LogP contribution in [0.2, 0.25) is 0 Å². The van der Waals surface area contributed by atoms with E-state index in [4.69, 9.17) is 9.52 Å². The monoisotopic (exact) mass is 255 g/mol. The van der Waals surface area contributed by atoms with Crippen molar-refractivity contribution in [3.8, 4) is 0 Å². The van der Waals surface area contributed by atoms with Crippen LogP contribution < -0.4 is 5.32 Å². The molecule has 100 valence electrons. The van der Waals surface area contributed by atoms with Gasteiger partial charge < -0.3 is 19.7 Å². The number of aryl methyl sites for hydroxylation is 1. The lowest BCUT2D eigenvalue weighted by Gasteiger charge is -2.20.